The van der Waals surface area contributed by atoms with Crippen LogP contribution in [0.25, 0.3) is 0 Å². The van der Waals surface area contributed by atoms with Gasteiger partial charge in [0, 0.05) is 22.9 Å². The molecule has 0 spiro atoms. The van der Waals surface area contributed by atoms with Crippen LogP contribution in [0.4, 0.5) is 0 Å². The second-order valence-corrected chi connectivity index (χ2v) is 6.99. The smallest absolute Gasteiger partial charge is 0.183 e. The average Bonchev–Trinajstić information content (AvgIpc) is 2.77. The number of hydrogen-bond acceptors (Lipinski definition) is 6. The van der Waals surface area contributed by atoms with E-state index in [0.717, 1.165) is 11.1 Å². The van der Waals surface area contributed by atoms with E-state index >= 15 is 0 Å². The maximum absolute atomic E-state index is 9.77. The zero-order chi connectivity index (χ0) is 22.4. The molecule has 0 atom stereocenters. The highest BCUT2D eigenvalue weighted by molar-refractivity contribution is 5.95. The monoisotopic (exact) mass is 419 g/mol. The number of hydrogen-bond donors (Lipinski definition) is 5. The summed E-state index contributed by atoms with van der Waals surface area (Å²) in [5.74, 6) is 0.807. The molecule has 31 heavy (non-hydrogen) atoms. The Hall–Kier alpha value is -3.91. The van der Waals surface area contributed by atoms with Crippen molar-refractivity contribution in [3.05, 3.63) is 88.2 Å². The Morgan fingerprint density at radius 3 is 1.90 bits per heavy atom. The second kappa shape index (κ2) is 9.73. The number of aryl methyl sites for hydroxylation is 1. The van der Waals surface area contributed by atoms with E-state index < -0.39 is 0 Å². The molecule has 0 aliphatic carbocycles. The summed E-state index contributed by atoms with van der Waals surface area (Å²) in [5.41, 5.74) is 15.1. The maximum Gasteiger partial charge on any atom is 0.183 e. The van der Waals surface area contributed by atoms with Crippen LogP contribution in [0.5, 0.6) is 11.5 Å². The Labute approximate surface area is 180 Å². The van der Waals surface area contributed by atoms with Crippen LogP contribution in [0, 0.1) is 17.7 Å². The lowest BCUT2D eigenvalue weighted by Crippen LogP contribution is -2.12. The molecule has 0 amide bonds. The van der Waals surface area contributed by atoms with Crippen LogP contribution in [0.1, 0.15) is 33.5 Å². The third kappa shape index (κ3) is 5.37. The number of pyridine rings is 1. The number of aliphatic hydroxyl groups is 1. The summed E-state index contributed by atoms with van der Waals surface area (Å²) < 4.78 is 12.0. The molecule has 160 valence electrons. The fourth-order valence-corrected chi connectivity index (χ4v) is 3.01. The Morgan fingerprint density at radius 1 is 0.903 bits per heavy atom. The first-order valence-electron chi connectivity index (χ1n) is 9.60. The summed E-state index contributed by atoms with van der Waals surface area (Å²) in [4.78, 5) is 4.30. The van der Waals surface area contributed by atoms with Gasteiger partial charge in [-0.3, -0.25) is 15.8 Å². The zero-order valence-electron chi connectivity index (χ0n) is 17.2. The summed E-state index contributed by atoms with van der Waals surface area (Å²) in [7, 11) is 0. The van der Waals surface area contributed by atoms with Crippen molar-refractivity contribution in [2.45, 2.75) is 26.7 Å². The third-order valence-corrected chi connectivity index (χ3v) is 4.65. The van der Waals surface area contributed by atoms with Crippen LogP contribution < -0.4 is 20.9 Å². The quantitative estimate of drug-likeness (QED) is 0.266. The Kier molecular flexibility index (Phi) is 6.84. The Balaban J connectivity index is 1.84. The molecule has 8 nitrogen and oxygen atoms in total. The minimum absolute atomic E-state index is 0.0150. The molecule has 0 aliphatic rings. The van der Waals surface area contributed by atoms with E-state index in [-0.39, 0.29) is 31.5 Å². The molecule has 0 saturated carbocycles. The Morgan fingerprint density at radius 2 is 1.42 bits per heavy atom. The lowest BCUT2D eigenvalue weighted by molar-refractivity contribution is 0.234. The van der Waals surface area contributed by atoms with Gasteiger partial charge in [-0.25, -0.2) is 0 Å². The van der Waals surface area contributed by atoms with Crippen molar-refractivity contribution in [3.63, 3.8) is 0 Å². The molecule has 3 rings (SSSR count). The van der Waals surface area contributed by atoms with Gasteiger partial charge in [0.2, 0.25) is 0 Å². The fraction of sp³-hybridized carbons (Fsp3) is 0.174. The van der Waals surface area contributed by atoms with Gasteiger partial charge in [-0.15, -0.1) is 0 Å². The van der Waals surface area contributed by atoms with Crippen molar-refractivity contribution in [2.24, 2.45) is 11.5 Å². The number of ether oxygens (including phenoxy) is 2. The van der Waals surface area contributed by atoms with E-state index in [2.05, 4.69) is 4.98 Å². The highest BCUT2D eigenvalue weighted by Crippen LogP contribution is 2.35. The van der Waals surface area contributed by atoms with Crippen LogP contribution in [-0.2, 0) is 19.8 Å². The fourth-order valence-electron chi connectivity index (χ4n) is 3.01. The highest BCUT2D eigenvalue weighted by atomic mass is 16.5. The van der Waals surface area contributed by atoms with Gasteiger partial charge in [0.15, 0.2) is 11.5 Å². The summed E-state index contributed by atoms with van der Waals surface area (Å²) in [6, 6.07) is 14.4. The van der Waals surface area contributed by atoms with Crippen LogP contribution in [0.15, 0.2) is 54.7 Å². The SMILES string of the molecule is Cc1ncc(CO)c(OCc2cccc(C(=N)N)c2)c1OCc1cccc(C(=N)N)c1. The number of rotatable bonds is 9. The number of nitrogen functional groups attached to an aromatic ring is 2. The van der Waals surface area contributed by atoms with Gasteiger partial charge in [0.25, 0.3) is 0 Å². The molecule has 0 unspecified atom stereocenters. The van der Waals surface area contributed by atoms with Gasteiger partial charge in [-0.1, -0.05) is 36.4 Å². The molecule has 0 bridgehead atoms. The van der Waals surface area contributed by atoms with E-state index in [4.69, 9.17) is 31.8 Å². The first kappa shape index (κ1) is 21.8. The average molecular weight is 419 g/mol. The van der Waals surface area contributed by atoms with Crippen molar-refractivity contribution in [3.8, 4) is 11.5 Å². The molecule has 8 heteroatoms. The number of aliphatic hydroxyl groups excluding tert-OH is 1. The molecule has 0 saturated heterocycles. The van der Waals surface area contributed by atoms with Gasteiger partial charge in [0.1, 0.15) is 24.9 Å². The lowest BCUT2D eigenvalue weighted by atomic mass is 10.1. The number of nitrogens with two attached hydrogens (primary N) is 2. The summed E-state index contributed by atoms with van der Waals surface area (Å²) in [6.45, 7) is 1.96. The zero-order valence-corrected chi connectivity index (χ0v) is 17.2. The number of nitrogens with zero attached hydrogens (tertiary/aromatic N) is 1. The lowest BCUT2D eigenvalue weighted by Gasteiger charge is -2.17. The molecular weight excluding hydrogens is 394 g/mol. The van der Waals surface area contributed by atoms with Crippen molar-refractivity contribution in [1.82, 2.24) is 4.98 Å². The molecule has 0 radical (unpaired) electrons. The summed E-state index contributed by atoms with van der Waals surface area (Å²) in [6.07, 6.45) is 1.56. The molecule has 3 aromatic rings. The summed E-state index contributed by atoms with van der Waals surface area (Å²) >= 11 is 0. The summed E-state index contributed by atoms with van der Waals surface area (Å²) in [5, 5.41) is 24.9. The van der Waals surface area contributed by atoms with Crippen molar-refractivity contribution < 1.29 is 14.6 Å². The van der Waals surface area contributed by atoms with E-state index in [1.54, 1.807) is 43.5 Å². The van der Waals surface area contributed by atoms with Crippen LogP contribution in [0.2, 0.25) is 0 Å². The van der Waals surface area contributed by atoms with Gasteiger partial charge in [-0.05, 0) is 30.2 Å². The second-order valence-electron chi connectivity index (χ2n) is 6.99. The molecule has 1 aromatic heterocycles. The van der Waals surface area contributed by atoms with Crippen LogP contribution in [-0.4, -0.2) is 21.8 Å². The van der Waals surface area contributed by atoms with Gasteiger partial charge in [0.05, 0.1) is 12.3 Å². The van der Waals surface area contributed by atoms with E-state index in [1.165, 1.54) is 0 Å². The van der Waals surface area contributed by atoms with Crippen molar-refractivity contribution in [1.29, 1.82) is 10.8 Å². The van der Waals surface area contributed by atoms with E-state index in [9.17, 15) is 5.11 Å². The number of benzene rings is 2. The minimum Gasteiger partial charge on any atom is -0.484 e. The highest BCUT2D eigenvalue weighted by Gasteiger charge is 2.16. The number of amidine groups is 2. The van der Waals surface area contributed by atoms with E-state index in [1.807, 2.05) is 18.2 Å². The van der Waals surface area contributed by atoms with Crippen LogP contribution >= 0.6 is 0 Å². The molecule has 2 aromatic carbocycles. The maximum atomic E-state index is 9.77. The van der Waals surface area contributed by atoms with Crippen molar-refractivity contribution >= 4 is 11.7 Å². The molecular formula is C23H25N5O3. The van der Waals surface area contributed by atoms with Crippen molar-refractivity contribution in [2.75, 3.05) is 0 Å². The first-order chi connectivity index (χ1) is 14.9. The molecule has 0 fully saturated rings. The third-order valence-electron chi connectivity index (χ3n) is 4.65. The topological polar surface area (TPSA) is 151 Å². The van der Waals surface area contributed by atoms with Gasteiger partial charge >= 0.3 is 0 Å². The Bertz CT molecular complexity index is 1110. The largest absolute Gasteiger partial charge is 0.484 e. The van der Waals surface area contributed by atoms with Crippen LogP contribution in [0.3, 0.4) is 0 Å². The van der Waals surface area contributed by atoms with E-state index in [0.29, 0.717) is 33.9 Å². The normalized spacial score (nSPS) is 10.5. The predicted molar refractivity (Wildman–Crippen MR) is 118 cm³/mol. The first-order valence-corrected chi connectivity index (χ1v) is 9.60. The molecule has 1 heterocycles. The number of aromatic nitrogens is 1. The van der Waals surface area contributed by atoms with Gasteiger partial charge in [-0.2, -0.15) is 0 Å². The number of nitrogens with one attached hydrogen (secondary N) is 2. The minimum atomic E-state index is -0.258. The standard InChI is InChI=1S/C23H25N5O3/c1-14-20(30-12-15-4-2-6-17(8-15)22(24)25)21(19(11-29)10-28-14)31-13-16-5-3-7-18(9-16)23(26)27/h2-10,29H,11-13H2,1H3,(H3,24,25)(H3,26,27). The predicted octanol–water partition coefficient (Wildman–Crippen LogP) is 2.61. The molecule has 0 aliphatic heterocycles. The molecule has 7 N–H and O–H groups in total. The van der Waals surface area contributed by atoms with Gasteiger partial charge < -0.3 is 26.0 Å².